The van der Waals surface area contributed by atoms with E-state index in [4.69, 9.17) is 0 Å². The zero-order valence-electron chi connectivity index (χ0n) is 11.9. The molecule has 3 rings (SSSR count). The molecule has 5 nitrogen and oxygen atoms in total. The highest BCUT2D eigenvalue weighted by Crippen LogP contribution is 2.29. The average molecular weight is 378 g/mol. The first-order valence-electron chi connectivity index (χ1n) is 6.84. The van der Waals surface area contributed by atoms with Crippen LogP contribution in [0.1, 0.15) is 11.6 Å². The van der Waals surface area contributed by atoms with Crippen LogP contribution in [0.25, 0.3) is 10.9 Å². The summed E-state index contributed by atoms with van der Waals surface area (Å²) in [6, 6.07) is 9.51. The summed E-state index contributed by atoms with van der Waals surface area (Å²) < 4.78 is 14.3. The first kappa shape index (κ1) is 15.6. The highest BCUT2D eigenvalue weighted by molar-refractivity contribution is 9.10. The Bertz CT molecular complexity index is 860. The molecule has 0 spiro atoms. The van der Waals surface area contributed by atoms with Crippen molar-refractivity contribution in [2.45, 2.75) is 6.04 Å². The fourth-order valence-corrected chi connectivity index (χ4v) is 2.72. The smallest absolute Gasteiger partial charge is 0.166 e. The standard InChI is InChI=1S/C16H13BrFN3O2/c17-10-3-1-2-9(4-10)14(7-22)21-16-11-5-15(23)12(18)6-13(11)19-8-20-16/h1-6,8,14,22-23H,7H2,(H,19,20,21). The third-order valence-corrected chi connectivity index (χ3v) is 3.94. The molecule has 0 amide bonds. The summed E-state index contributed by atoms with van der Waals surface area (Å²) in [6.45, 7) is -0.158. The van der Waals surface area contributed by atoms with Crippen molar-refractivity contribution < 1.29 is 14.6 Å². The summed E-state index contributed by atoms with van der Waals surface area (Å²) in [5.41, 5.74) is 1.23. The number of halogens is 2. The fraction of sp³-hybridized carbons (Fsp3) is 0.125. The maximum absolute atomic E-state index is 13.4. The van der Waals surface area contributed by atoms with E-state index in [1.54, 1.807) is 0 Å². The third kappa shape index (κ3) is 3.25. The van der Waals surface area contributed by atoms with Gasteiger partial charge in [0.1, 0.15) is 12.1 Å². The summed E-state index contributed by atoms with van der Waals surface area (Å²) >= 11 is 3.39. The van der Waals surface area contributed by atoms with Crippen LogP contribution in [-0.2, 0) is 0 Å². The molecule has 7 heteroatoms. The molecular formula is C16H13BrFN3O2. The molecule has 0 saturated carbocycles. The first-order valence-corrected chi connectivity index (χ1v) is 7.64. The van der Waals surface area contributed by atoms with Crippen LogP contribution >= 0.6 is 15.9 Å². The molecule has 0 radical (unpaired) electrons. The van der Waals surface area contributed by atoms with Crippen molar-refractivity contribution in [1.29, 1.82) is 0 Å². The van der Waals surface area contributed by atoms with Crippen LogP contribution in [0.4, 0.5) is 10.2 Å². The Balaban J connectivity index is 2.01. The topological polar surface area (TPSA) is 78.3 Å². The van der Waals surface area contributed by atoms with Crippen LogP contribution in [0, 0.1) is 5.82 Å². The highest BCUT2D eigenvalue weighted by Gasteiger charge is 2.15. The number of aliphatic hydroxyl groups is 1. The lowest BCUT2D eigenvalue weighted by atomic mass is 10.1. The lowest BCUT2D eigenvalue weighted by molar-refractivity contribution is 0.276. The molecule has 118 valence electrons. The number of hydrogen-bond acceptors (Lipinski definition) is 5. The van der Waals surface area contributed by atoms with Gasteiger partial charge in [-0.2, -0.15) is 0 Å². The van der Waals surface area contributed by atoms with Crippen LogP contribution < -0.4 is 5.32 Å². The number of anilines is 1. The Hall–Kier alpha value is -2.25. The minimum absolute atomic E-state index is 0.158. The minimum Gasteiger partial charge on any atom is -0.505 e. The first-order chi connectivity index (χ1) is 11.1. The molecular weight excluding hydrogens is 365 g/mol. The summed E-state index contributed by atoms with van der Waals surface area (Å²) in [5.74, 6) is -0.810. The van der Waals surface area contributed by atoms with Gasteiger partial charge < -0.3 is 15.5 Å². The van der Waals surface area contributed by atoms with E-state index in [2.05, 4.69) is 31.2 Å². The van der Waals surface area contributed by atoms with Crippen LogP contribution in [0.15, 0.2) is 47.2 Å². The Morgan fingerprint density at radius 2 is 2.04 bits per heavy atom. The van der Waals surface area contributed by atoms with E-state index in [0.717, 1.165) is 16.1 Å². The SMILES string of the molecule is OCC(Nc1ncnc2cc(F)c(O)cc12)c1cccc(Br)c1. The maximum atomic E-state index is 13.4. The number of nitrogens with zero attached hydrogens (tertiary/aromatic N) is 2. The van der Waals surface area contributed by atoms with Crippen LogP contribution in [0.3, 0.4) is 0 Å². The number of rotatable bonds is 4. The second kappa shape index (κ2) is 6.47. The predicted octanol–water partition coefficient (Wildman–Crippen LogP) is 3.38. The zero-order chi connectivity index (χ0) is 16.4. The molecule has 0 bridgehead atoms. The van der Waals surface area contributed by atoms with Gasteiger partial charge in [-0.15, -0.1) is 0 Å². The van der Waals surface area contributed by atoms with Gasteiger partial charge in [-0.1, -0.05) is 28.1 Å². The summed E-state index contributed by atoms with van der Waals surface area (Å²) in [7, 11) is 0. The molecule has 1 heterocycles. The van der Waals surface area contributed by atoms with Crippen molar-refractivity contribution in [3.63, 3.8) is 0 Å². The molecule has 1 aromatic heterocycles. The Kier molecular flexibility index (Phi) is 4.40. The number of nitrogens with one attached hydrogen (secondary N) is 1. The van der Waals surface area contributed by atoms with Crippen molar-refractivity contribution in [1.82, 2.24) is 9.97 Å². The van der Waals surface area contributed by atoms with Crippen molar-refractivity contribution in [3.05, 3.63) is 58.6 Å². The van der Waals surface area contributed by atoms with E-state index in [1.165, 1.54) is 12.4 Å². The third-order valence-electron chi connectivity index (χ3n) is 3.45. The summed E-state index contributed by atoms with van der Waals surface area (Å²) in [4.78, 5) is 8.13. The summed E-state index contributed by atoms with van der Waals surface area (Å²) in [6.07, 6.45) is 1.30. The number of phenols is 1. The molecule has 1 unspecified atom stereocenters. The molecule has 3 aromatic rings. The van der Waals surface area contributed by atoms with E-state index in [9.17, 15) is 14.6 Å². The van der Waals surface area contributed by atoms with Crippen molar-refractivity contribution in [3.8, 4) is 5.75 Å². The monoisotopic (exact) mass is 377 g/mol. The molecule has 0 aliphatic heterocycles. The summed E-state index contributed by atoms with van der Waals surface area (Å²) in [5, 5.41) is 22.8. The van der Waals surface area contributed by atoms with Crippen molar-refractivity contribution in [2.24, 2.45) is 0 Å². The molecule has 0 saturated heterocycles. The molecule has 23 heavy (non-hydrogen) atoms. The number of phenolic OH excluding ortho intramolecular Hbond substituents is 1. The molecule has 0 aliphatic rings. The van der Waals surface area contributed by atoms with E-state index < -0.39 is 17.6 Å². The Morgan fingerprint density at radius 1 is 1.22 bits per heavy atom. The fourth-order valence-electron chi connectivity index (χ4n) is 2.30. The average Bonchev–Trinajstić information content (AvgIpc) is 2.54. The quantitative estimate of drug-likeness (QED) is 0.649. The lowest BCUT2D eigenvalue weighted by Crippen LogP contribution is -2.16. The van der Waals surface area contributed by atoms with Crippen molar-refractivity contribution >= 4 is 32.7 Å². The molecule has 3 N–H and O–H groups in total. The van der Waals surface area contributed by atoms with E-state index >= 15 is 0 Å². The Morgan fingerprint density at radius 3 is 2.78 bits per heavy atom. The largest absolute Gasteiger partial charge is 0.505 e. The van der Waals surface area contributed by atoms with Crippen LogP contribution in [0.5, 0.6) is 5.75 Å². The van der Waals surface area contributed by atoms with Gasteiger partial charge in [0, 0.05) is 15.9 Å². The van der Waals surface area contributed by atoms with Gasteiger partial charge in [0.15, 0.2) is 11.6 Å². The number of hydrogen-bond donors (Lipinski definition) is 3. The van der Waals surface area contributed by atoms with Crippen LogP contribution in [0.2, 0.25) is 0 Å². The highest BCUT2D eigenvalue weighted by atomic mass is 79.9. The van der Waals surface area contributed by atoms with Gasteiger partial charge in [0.05, 0.1) is 18.2 Å². The lowest BCUT2D eigenvalue weighted by Gasteiger charge is -2.18. The normalized spacial score (nSPS) is 12.3. The minimum atomic E-state index is -0.743. The van der Waals surface area contributed by atoms with Gasteiger partial charge in [-0.05, 0) is 23.8 Å². The maximum Gasteiger partial charge on any atom is 0.166 e. The number of aliphatic hydroxyl groups excluding tert-OH is 1. The van der Waals surface area contributed by atoms with Gasteiger partial charge in [-0.3, -0.25) is 0 Å². The number of benzene rings is 2. The number of fused-ring (bicyclic) bond motifs is 1. The number of aromatic hydroxyl groups is 1. The van der Waals surface area contributed by atoms with Crippen molar-refractivity contribution in [2.75, 3.05) is 11.9 Å². The van der Waals surface area contributed by atoms with Gasteiger partial charge in [0.2, 0.25) is 0 Å². The second-order valence-corrected chi connectivity index (χ2v) is 5.89. The molecule has 0 aliphatic carbocycles. The van der Waals surface area contributed by atoms with Gasteiger partial charge in [0.25, 0.3) is 0 Å². The van der Waals surface area contributed by atoms with Gasteiger partial charge in [-0.25, -0.2) is 14.4 Å². The predicted molar refractivity (Wildman–Crippen MR) is 88.8 cm³/mol. The van der Waals surface area contributed by atoms with E-state index in [-0.39, 0.29) is 6.61 Å². The van der Waals surface area contributed by atoms with E-state index in [0.29, 0.717) is 16.7 Å². The Labute approximate surface area is 140 Å². The van der Waals surface area contributed by atoms with E-state index in [1.807, 2.05) is 24.3 Å². The molecule has 0 fully saturated rings. The number of aromatic nitrogens is 2. The van der Waals surface area contributed by atoms with Gasteiger partial charge >= 0.3 is 0 Å². The molecule has 2 aromatic carbocycles. The zero-order valence-corrected chi connectivity index (χ0v) is 13.5. The molecule has 1 atom stereocenters. The van der Waals surface area contributed by atoms with Crippen LogP contribution in [-0.4, -0.2) is 26.8 Å². The second-order valence-electron chi connectivity index (χ2n) is 4.98.